The van der Waals surface area contributed by atoms with Crippen molar-refractivity contribution in [1.82, 2.24) is 0 Å². The van der Waals surface area contributed by atoms with Crippen LogP contribution >= 0.6 is 65.9 Å². The van der Waals surface area contributed by atoms with Crippen LogP contribution in [-0.2, 0) is 9.47 Å². The molecule has 0 saturated carbocycles. The van der Waals surface area contributed by atoms with Gasteiger partial charge in [-0.2, -0.15) is 0 Å². The van der Waals surface area contributed by atoms with Crippen LogP contribution < -0.4 is 0 Å². The van der Waals surface area contributed by atoms with Gasteiger partial charge in [0.2, 0.25) is 0 Å². The molecule has 0 aliphatic carbocycles. The molecule has 0 aliphatic heterocycles. The molecule has 0 spiro atoms. The molecule has 0 saturated heterocycles. The number of hydrogen-bond donors (Lipinski definition) is 0. The van der Waals surface area contributed by atoms with E-state index >= 15 is 0 Å². The molecule has 0 amide bonds. The summed E-state index contributed by atoms with van der Waals surface area (Å²) in [6.07, 6.45) is 29.7. The van der Waals surface area contributed by atoms with Crippen LogP contribution in [0.25, 0.3) is 19.5 Å². The van der Waals surface area contributed by atoms with E-state index in [1.807, 2.05) is 12.1 Å². The molecule has 0 aromatic carbocycles. The van der Waals surface area contributed by atoms with Crippen LogP contribution in [0.5, 0.6) is 0 Å². The topological polar surface area (TPSA) is 52.6 Å². The van der Waals surface area contributed by atoms with Gasteiger partial charge in [-0.1, -0.05) is 156 Å². The minimum absolute atomic E-state index is 0.248. The van der Waals surface area contributed by atoms with E-state index in [2.05, 4.69) is 71.7 Å². The van der Waals surface area contributed by atoms with E-state index in [0.717, 1.165) is 52.8 Å². The Kier molecular flexibility index (Phi) is 25.7. The number of thiophene rings is 3. The molecule has 3 aromatic rings. The lowest BCUT2D eigenvalue weighted by atomic mass is 9.95. The Hall–Kier alpha value is -1.00. The first-order valence-corrected chi connectivity index (χ1v) is 25.9. The van der Waals surface area contributed by atoms with Crippen LogP contribution in [0.1, 0.15) is 203 Å². The fourth-order valence-electron chi connectivity index (χ4n) is 7.28. The zero-order valence-corrected chi connectivity index (χ0v) is 40.1. The van der Waals surface area contributed by atoms with Gasteiger partial charge in [0.25, 0.3) is 0 Å². The van der Waals surface area contributed by atoms with Gasteiger partial charge < -0.3 is 9.47 Å². The molecule has 4 nitrogen and oxygen atoms in total. The van der Waals surface area contributed by atoms with E-state index in [0.29, 0.717) is 36.2 Å². The van der Waals surface area contributed by atoms with Gasteiger partial charge in [-0.05, 0) is 93.6 Å². The molecular weight excluding hydrogens is 873 g/mol. The van der Waals surface area contributed by atoms with Gasteiger partial charge >= 0.3 is 11.9 Å². The van der Waals surface area contributed by atoms with Crippen molar-refractivity contribution in [3.05, 3.63) is 43.0 Å². The first-order valence-electron chi connectivity index (χ1n) is 21.8. The van der Waals surface area contributed by atoms with Gasteiger partial charge in [-0.3, -0.25) is 0 Å². The normalized spacial score (nSPS) is 12.6. The van der Waals surface area contributed by atoms with E-state index in [1.54, 1.807) is 34.0 Å². The molecule has 9 heteroatoms. The molecule has 0 radical (unpaired) electrons. The summed E-state index contributed by atoms with van der Waals surface area (Å²) in [6, 6.07) is 7.94. The van der Waals surface area contributed by atoms with Crippen molar-refractivity contribution in [3.63, 3.8) is 0 Å². The quantitative estimate of drug-likeness (QED) is 0.0462. The van der Waals surface area contributed by atoms with Crippen LogP contribution in [0.3, 0.4) is 0 Å². The average Bonchev–Trinajstić information content (AvgIpc) is 3.93. The second-order valence-electron chi connectivity index (χ2n) is 15.5. The second kappa shape index (κ2) is 29.2. The van der Waals surface area contributed by atoms with E-state index in [1.165, 1.54) is 128 Å². The summed E-state index contributed by atoms with van der Waals surface area (Å²) in [6.45, 7) is 9.98. The third kappa shape index (κ3) is 18.6. The van der Waals surface area contributed by atoms with Crippen molar-refractivity contribution in [2.75, 3.05) is 13.2 Å². The van der Waals surface area contributed by atoms with Crippen LogP contribution in [-0.4, -0.2) is 25.2 Å². The number of rotatable bonds is 32. The number of carbonyl (C=O) groups excluding carboxylic acids is 2. The molecule has 2 atom stereocenters. The summed E-state index contributed by atoms with van der Waals surface area (Å²) in [5.41, 5.74) is 1.22. The van der Waals surface area contributed by atoms with Gasteiger partial charge in [-0.25, -0.2) is 9.59 Å². The number of halogens is 2. The van der Waals surface area contributed by atoms with Crippen molar-refractivity contribution in [3.8, 4) is 19.5 Å². The van der Waals surface area contributed by atoms with E-state index in [4.69, 9.17) is 9.47 Å². The smallest absolute Gasteiger partial charge is 0.339 e. The fraction of sp³-hybridized carbons (Fsp3) is 0.696. The lowest BCUT2D eigenvalue weighted by Gasteiger charge is -2.17. The SMILES string of the molecule is CCCCCCCCC(CCCCCC)COC(=O)c1cc(Br)sc1-c1ccc(-c2sc(Br)cc2C(=O)OCC(CCCCCC)CCCCCCCC)s1. The first kappa shape index (κ1) is 48.4. The Labute approximate surface area is 363 Å². The van der Waals surface area contributed by atoms with Gasteiger partial charge in [0.15, 0.2) is 0 Å². The van der Waals surface area contributed by atoms with Gasteiger partial charge in [0.1, 0.15) is 0 Å². The molecule has 3 aromatic heterocycles. The number of unbranched alkanes of at least 4 members (excludes halogenated alkanes) is 16. The minimum Gasteiger partial charge on any atom is -0.462 e. The molecule has 310 valence electrons. The number of esters is 2. The Bertz CT molecular complexity index is 1370. The highest BCUT2D eigenvalue weighted by Gasteiger charge is 2.24. The monoisotopic (exact) mass is 940 g/mol. The van der Waals surface area contributed by atoms with Crippen molar-refractivity contribution in [2.45, 2.75) is 182 Å². The lowest BCUT2D eigenvalue weighted by molar-refractivity contribution is 0.0415. The van der Waals surface area contributed by atoms with E-state index in [9.17, 15) is 9.59 Å². The summed E-state index contributed by atoms with van der Waals surface area (Å²) in [5, 5.41) is 0. The van der Waals surface area contributed by atoms with Crippen LogP contribution in [0.2, 0.25) is 0 Å². The summed E-state index contributed by atoms with van der Waals surface area (Å²) in [4.78, 5) is 31.1. The summed E-state index contributed by atoms with van der Waals surface area (Å²) in [7, 11) is 0. The lowest BCUT2D eigenvalue weighted by Crippen LogP contribution is -2.15. The van der Waals surface area contributed by atoms with Crippen molar-refractivity contribution in [2.24, 2.45) is 11.8 Å². The molecule has 3 rings (SSSR count). The predicted molar refractivity (Wildman–Crippen MR) is 247 cm³/mol. The summed E-state index contributed by atoms with van der Waals surface area (Å²) < 4.78 is 14.0. The Balaban J connectivity index is 1.66. The van der Waals surface area contributed by atoms with Gasteiger partial charge in [0.05, 0.1) is 41.7 Å². The number of carbonyl (C=O) groups is 2. The maximum Gasteiger partial charge on any atom is 0.339 e. The zero-order valence-electron chi connectivity index (χ0n) is 34.5. The molecule has 0 N–H and O–H groups in total. The van der Waals surface area contributed by atoms with E-state index in [-0.39, 0.29) is 11.9 Å². The highest BCUT2D eigenvalue weighted by atomic mass is 79.9. The molecular formula is C46H70Br2O4S3. The van der Waals surface area contributed by atoms with Crippen molar-refractivity contribution >= 4 is 77.8 Å². The standard InChI is InChI=1S/C46H70Br2O4S3/c1-5-9-13-17-19-23-27-35(25-21-15-11-7-3)33-51-45(49)37-31-41(47)54-43(37)39-29-30-40(53-39)44-38(32-42(48)55-44)46(50)52-34-36(26-22-16-12-8-4)28-24-20-18-14-10-6-2/h29-32,35-36H,5-28,33-34H2,1-4H3. The maximum absolute atomic E-state index is 13.7. The molecule has 2 unspecified atom stereocenters. The van der Waals surface area contributed by atoms with Gasteiger partial charge in [0, 0.05) is 9.75 Å². The number of ether oxygens (including phenoxy) is 2. The minimum atomic E-state index is -0.248. The second-order valence-corrected chi connectivity index (χ2v) is 21.4. The molecule has 55 heavy (non-hydrogen) atoms. The predicted octanol–water partition coefficient (Wildman–Crippen LogP) is 17.7. The van der Waals surface area contributed by atoms with Crippen molar-refractivity contribution < 1.29 is 19.1 Å². The fourth-order valence-corrected chi connectivity index (χ4v) is 11.7. The Morgan fingerprint density at radius 2 is 0.800 bits per heavy atom. The highest BCUT2D eigenvalue weighted by Crippen LogP contribution is 2.45. The van der Waals surface area contributed by atoms with Crippen molar-refractivity contribution in [1.29, 1.82) is 0 Å². The molecule has 3 heterocycles. The molecule has 0 bridgehead atoms. The Morgan fingerprint density at radius 3 is 1.15 bits per heavy atom. The average molecular weight is 943 g/mol. The molecule has 0 aliphatic rings. The molecule has 0 fully saturated rings. The van der Waals surface area contributed by atoms with Crippen LogP contribution in [0.15, 0.2) is 31.8 Å². The Morgan fingerprint density at radius 1 is 0.491 bits per heavy atom. The highest BCUT2D eigenvalue weighted by molar-refractivity contribution is 9.11. The zero-order chi connectivity index (χ0) is 39.7. The van der Waals surface area contributed by atoms with Crippen LogP contribution in [0.4, 0.5) is 0 Å². The first-order chi connectivity index (χ1) is 26.8. The number of hydrogen-bond acceptors (Lipinski definition) is 7. The maximum atomic E-state index is 13.7. The van der Waals surface area contributed by atoms with Crippen LogP contribution in [0, 0.1) is 11.8 Å². The summed E-state index contributed by atoms with van der Waals surface area (Å²) >= 11 is 12.0. The third-order valence-corrected chi connectivity index (χ3v) is 15.4. The summed E-state index contributed by atoms with van der Waals surface area (Å²) in [5.74, 6) is 0.324. The van der Waals surface area contributed by atoms with E-state index < -0.39 is 0 Å². The van der Waals surface area contributed by atoms with Gasteiger partial charge in [-0.15, -0.1) is 34.0 Å². The largest absolute Gasteiger partial charge is 0.462 e. The third-order valence-electron chi connectivity index (χ3n) is 10.7.